The van der Waals surface area contributed by atoms with E-state index in [0.29, 0.717) is 5.78 Å². The van der Waals surface area contributed by atoms with Crippen molar-refractivity contribution in [3.8, 4) is 0 Å². The van der Waals surface area contributed by atoms with E-state index in [9.17, 15) is 4.79 Å². The fourth-order valence-corrected chi connectivity index (χ4v) is 10.4. The molecule has 0 rings (SSSR count). The van der Waals surface area contributed by atoms with Gasteiger partial charge in [0.1, 0.15) is 5.78 Å². The molecule has 0 atom stereocenters. The van der Waals surface area contributed by atoms with Crippen LogP contribution in [0.25, 0.3) is 0 Å². The molecule has 30 heavy (non-hydrogen) atoms. The molecule has 0 fully saturated rings. The van der Waals surface area contributed by atoms with Crippen LogP contribution in [-0.2, 0) is 4.79 Å². The maximum Gasteiger partial charge on any atom is 0.146 e. The van der Waals surface area contributed by atoms with Crippen molar-refractivity contribution in [2.24, 2.45) is 5.41 Å². The third-order valence-electron chi connectivity index (χ3n) is 8.16. The second-order valence-electron chi connectivity index (χ2n) is 9.54. The van der Waals surface area contributed by atoms with Gasteiger partial charge in [0.05, 0.1) is 21.6 Å². The van der Waals surface area contributed by atoms with E-state index in [0.717, 1.165) is 38.5 Å². The lowest BCUT2D eigenvalue weighted by Gasteiger charge is -2.32. The number of ketones is 1. The van der Waals surface area contributed by atoms with E-state index in [-0.39, 0.29) is 5.41 Å². The Hall–Kier alpha value is -0.416. The zero-order chi connectivity index (χ0) is 23.1. The van der Waals surface area contributed by atoms with Gasteiger partial charge in [0.15, 0.2) is 0 Å². The molecule has 0 radical (unpaired) electrons. The molecule has 0 saturated heterocycles. The van der Waals surface area contributed by atoms with E-state index < -0.39 is 16.1 Å². The van der Waals surface area contributed by atoms with Crippen molar-refractivity contribution in [2.45, 2.75) is 137 Å². The number of unbranched alkanes of at least 4 members (excludes halogenated alkanes) is 3. The van der Waals surface area contributed by atoms with Gasteiger partial charge in [0, 0.05) is 6.42 Å². The average molecular weight is 451 g/mol. The van der Waals surface area contributed by atoms with Crippen LogP contribution in [0.5, 0.6) is 0 Å². The third-order valence-corrected chi connectivity index (χ3v) is 18.4. The number of rotatable bonds is 18. The Morgan fingerprint density at radius 2 is 1.03 bits per heavy atom. The molecule has 0 aliphatic heterocycles. The van der Waals surface area contributed by atoms with Gasteiger partial charge in [-0.3, -0.25) is 4.79 Å². The first kappa shape index (κ1) is 29.6. The monoisotopic (exact) mass is 450 g/mol. The summed E-state index contributed by atoms with van der Waals surface area (Å²) >= 11 is 0. The summed E-state index contributed by atoms with van der Waals surface area (Å²) in [7, 11) is -2.81. The first-order valence-corrected chi connectivity index (χ1v) is 18.7. The Morgan fingerprint density at radius 3 is 1.37 bits per heavy atom. The first-order valence-electron chi connectivity index (χ1n) is 13.3. The number of allylic oxidation sites excluding steroid dienone is 2. The molecule has 0 bridgehead atoms. The molecule has 1 nitrogen and oxygen atoms in total. The van der Waals surface area contributed by atoms with E-state index in [1.54, 1.807) is 0 Å². The highest BCUT2D eigenvalue weighted by Gasteiger charge is 2.35. The molecule has 0 aliphatic rings. The second kappa shape index (κ2) is 15.4. The minimum Gasteiger partial charge on any atom is -0.298 e. The van der Waals surface area contributed by atoms with Crippen molar-refractivity contribution < 1.29 is 4.79 Å². The molecule has 0 N–H and O–H groups in total. The van der Waals surface area contributed by atoms with E-state index in [1.165, 1.54) is 42.7 Å². The fourth-order valence-electron chi connectivity index (χ4n) is 4.64. The zero-order valence-electron chi connectivity index (χ0n) is 21.9. The van der Waals surface area contributed by atoms with Crippen molar-refractivity contribution in [3.63, 3.8) is 0 Å². The van der Waals surface area contributed by atoms with Crippen molar-refractivity contribution in [1.29, 1.82) is 0 Å². The van der Waals surface area contributed by atoms with Gasteiger partial charge in [0.2, 0.25) is 0 Å². The molecule has 0 heterocycles. The lowest BCUT2D eigenvalue weighted by molar-refractivity contribution is -0.124. The number of hydrogen-bond acceptors (Lipinski definition) is 1. The van der Waals surface area contributed by atoms with Gasteiger partial charge in [0.25, 0.3) is 0 Å². The van der Waals surface area contributed by atoms with Gasteiger partial charge < -0.3 is 0 Å². The van der Waals surface area contributed by atoms with Gasteiger partial charge in [-0.1, -0.05) is 141 Å². The second-order valence-corrected chi connectivity index (χ2v) is 19.9. The van der Waals surface area contributed by atoms with Crippen LogP contribution in [0.1, 0.15) is 100 Å². The molecule has 0 aliphatic carbocycles. The molecule has 0 saturated carbocycles. The zero-order valence-corrected chi connectivity index (χ0v) is 23.9. The normalized spacial score (nSPS) is 13.6. The van der Waals surface area contributed by atoms with Crippen LogP contribution in [0.3, 0.4) is 0 Å². The van der Waals surface area contributed by atoms with Gasteiger partial charge >= 0.3 is 0 Å². The molecule has 0 aromatic rings. The van der Waals surface area contributed by atoms with E-state index in [1.807, 2.05) is 0 Å². The Kier molecular flexibility index (Phi) is 15.2. The quantitative estimate of drug-likeness (QED) is 0.150. The number of carbonyl (C=O) groups excluding carboxylic acids is 1. The van der Waals surface area contributed by atoms with Crippen LogP contribution in [0.4, 0.5) is 0 Å². The van der Waals surface area contributed by atoms with Crippen molar-refractivity contribution in [2.75, 3.05) is 0 Å². The Labute approximate surface area is 192 Å². The Bertz CT molecular complexity index is 466. The van der Waals surface area contributed by atoms with Crippen LogP contribution in [0.15, 0.2) is 23.6 Å². The van der Waals surface area contributed by atoms with Crippen LogP contribution >= 0.6 is 0 Å². The van der Waals surface area contributed by atoms with E-state index in [4.69, 9.17) is 0 Å². The summed E-state index contributed by atoms with van der Waals surface area (Å²) in [4.78, 5) is 13.7. The maximum atomic E-state index is 13.7. The highest BCUT2D eigenvalue weighted by Crippen LogP contribution is 2.36. The molecular formula is C27H54OSi2. The lowest BCUT2D eigenvalue weighted by atomic mass is 9.77. The lowest BCUT2D eigenvalue weighted by Crippen LogP contribution is -2.34. The van der Waals surface area contributed by atoms with E-state index >= 15 is 0 Å². The predicted octanol–water partition coefficient (Wildman–Crippen LogP) is 9.52. The third kappa shape index (κ3) is 8.61. The Morgan fingerprint density at radius 1 is 0.633 bits per heavy atom. The average Bonchev–Trinajstić information content (AvgIpc) is 2.79. The topological polar surface area (TPSA) is 17.1 Å². The molecule has 0 unspecified atom stereocenters. The van der Waals surface area contributed by atoms with E-state index in [2.05, 4.69) is 78.9 Å². The molecule has 3 heteroatoms. The summed E-state index contributed by atoms with van der Waals surface area (Å²) in [6.45, 7) is 18.6. The summed E-state index contributed by atoms with van der Waals surface area (Å²) in [5.41, 5.74) is 4.80. The fraction of sp³-hybridized carbons (Fsp3) is 0.815. The highest BCUT2D eigenvalue weighted by atomic mass is 28.3. The minimum atomic E-state index is -1.41. The van der Waals surface area contributed by atoms with Gasteiger partial charge in [-0.15, -0.1) is 0 Å². The number of Topliss-reactive ketones (excluding diaryl/α,β-unsaturated/α-hetero) is 1. The summed E-state index contributed by atoms with van der Waals surface area (Å²) in [6.07, 6.45) is 12.3. The number of hydrogen-bond donors (Lipinski definition) is 0. The standard InChI is InChI=1S/C27H54OSi2/c1-9-17-19-20-26(28)27(21-18-10-2,22-24-29(11-3,12-4)13-5)23-25-30(14-6,15-7)16-8/h22-25H,9-21H2,1-8H3/b24-22+,25-23+. The summed E-state index contributed by atoms with van der Waals surface area (Å²) in [5, 5.41) is 0. The predicted molar refractivity (Wildman–Crippen MR) is 144 cm³/mol. The Balaban J connectivity index is 6.33. The van der Waals surface area contributed by atoms with Gasteiger partial charge in [-0.05, 0) is 12.8 Å². The van der Waals surface area contributed by atoms with Gasteiger partial charge in [-0.2, -0.15) is 0 Å². The SMILES string of the molecule is CCCCCC(=O)C(/C=C/[Si](CC)(CC)CC)(/C=C/[Si](CC)(CC)CC)CCCC. The summed E-state index contributed by atoms with van der Waals surface area (Å²) < 4.78 is 0. The smallest absolute Gasteiger partial charge is 0.146 e. The van der Waals surface area contributed by atoms with Crippen LogP contribution in [0, 0.1) is 5.41 Å². The van der Waals surface area contributed by atoms with Crippen LogP contribution in [-0.4, -0.2) is 21.9 Å². The first-order chi connectivity index (χ1) is 14.3. The van der Waals surface area contributed by atoms with Crippen molar-refractivity contribution in [3.05, 3.63) is 23.6 Å². The minimum absolute atomic E-state index is 0.362. The van der Waals surface area contributed by atoms with Crippen molar-refractivity contribution in [1.82, 2.24) is 0 Å². The largest absolute Gasteiger partial charge is 0.298 e. The van der Waals surface area contributed by atoms with Crippen LogP contribution < -0.4 is 0 Å². The molecule has 0 aromatic heterocycles. The molecule has 176 valence electrons. The molecular weight excluding hydrogens is 396 g/mol. The number of carbonyl (C=O) groups is 1. The van der Waals surface area contributed by atoms with Gasteiger partial charge in [-0.25, -0.2) is 0 Å². The summed E-state index contributed by atoms with van der Waals surface area (Å²) in [6, 6.07) is 7.70. The maximum absolute atomic E-state index is 13.7. The molecule has 0 aromatic carbocycles. The van der Waals surface area contributed by atoms with Crippen molar-refractivity contribution >= 4 is 21.9 Å². The highest BCUT2D eigenvalue weighted by molar-refractivity contribution is 6.84. The molecule has 0 amide bonds. The summed E-state index contributed by atoms with van der Waals surface area (Å²) in [5.74, 6) is 0.481. The van der Waals surface area contributed by atoms with Crippen LogP contribution in [0.2, 0.25) is 36.3 Å². The molecule has 0 spiro atoms.